The molecule has 2 rings (SSSR count). The number of para-hydroxylation sites is 1. The highest BCUT2D eigenvalue weighted by Gasteiger charge is 2.24. The second-order valence-corrected chi connectivity index (χ2v) is 5.79. The predicted molar refractivity (Wildman–Crippen MR) is 83.1 cm³/mol. The molecule has 0 aliphatic carbocycles. The number of carbonyl (C=O) groups excluding carboxylic acids is 1. The Balaban J connectivity index is 2.13. The van der Waals surface area contributed by atoms with Crippen molar-refractivity contribution < 1.29 is 9.72 Å². The second kappa shape index (κ2) is 6.69. The van der Waals surface area contributed by atoms with Crippen molar-refractivity contribution in [3.63, 3.8) is 0 Å². The SMILES string of the molecule is CC(Cc1ccsc1)NC(=O)c1cccc(Cl)c1[N+](=O)[O-]. The van der Waals surface area contributed by atoms with Crippen LogP contribution in [0.25, 0.3) is 0 Å². The molecule has 0 aliphatic heterocycles. The van der Waals surface area contributed by atoms with E-state index in [1.54, 1.807) is 11.3 Å². The number of hydrogen-bond acceptors (Lipinski definition) is 4. The standard InChI is InChI=1S/C14H13ClN2O3S/c1-9(7-10-5-6-21-8-10)16-14(18)11-3-2-4-12(15)13(11)17(19)20/h2-6,8-9H,7H2,1H3,(H,16,18). The van der Waals surface area contributed by atoms with Gasteiger partial charge in [-0.2, -0.15) is 11.3 Å². The summed E-state index contributed by atoms with van der Waals surface area (Å²) in [6.07, 6.45) is 0.670. The highest BCUT2D eigenvalue weighted by Crippen LogP contribution is 2.28. The van der Waals surface area contributed by atoms with Crippen LogP contribution in [0.3, 0.4) is 0 Å². The molecule has 1 N–H and O–H groups in total. The van der Waals surface area contributed by atoms with Gasteiger partial charge in [0.15, 0.2) is 0 Å². The van der Waals surface area contributed by atoms with Gasteiger partial charge in [0.1, 0.15) is 10.6 Å². The van der Waals surface area contributed by atoms with E-state index in [0.717, 1.165) is 5.56 Å². The maximum atomic E-state index is 12.2. The van der Waals surface area contributed by atoms with Gasteiger partial charge in [-0.25, -0.2) is 0 Å². The molecule has 0 bridgehead atoms. The molecule has 110 valence electrons. The number of thiophene rings is 1. The third kappa shape index (κ3) is 3.80. The number of nitro groups is 1. The molecule has 0 fully saturated rings. The van der Waals surface area contributed by atoms with Crippen LogP contribution in [-0.4, -0.2) is 16.9 Å². The molecule has 1 amide bonds. The molecule has 0 aliphatic rings. The monoisotopic (exact) mass is 324 g/mol. The van der Waals surface area contributed by atoms with Crippen molar-refractivity contribution in [3.05, 3.63) is 61.3 Å². The van der Waals surface area contributed by atoms with E-state index in [0.29, 0.717) is 6.42 Å². The Hall–Kier alpha value is -1.92. The minimum Gasteiger partial charge on any atom is -0.349 e. The van der Waals surface area contributed by atoms with E-state index in [2.05, 4.69) is 5.32 Å². The quantitative estimate of drug-likeness (QED) is 0.673. The molecule has 2 aromatic rings. The minimum atomic E-state index is -0.638. The van der Waals surface area contributed by atoms with Crippen LogP contribution in [0.15, 0.2) is 35.0 Å². The first kappa shape index (κ1) is 15.5. The van der Waals surface area contributed by atoms with E-state index in [1.807, 2.05) is 23.8 Å². The largest absolute Gasteiger partial charge is 0.349 e. The summed E-state index contributed by atoms with van der Waals surface area (Å²) >= 11 is 7.39. The Labute approximate surface area is 130 Å². The lowest BCUT2D eigenvalue weighted by Crippen LogP contribution is -2.34. The lowest BCUT2D eigenvalue weighted by atomic mass is 10.1. The zero-order valence-corrected chi connectivity index (χ0v) is 12.8. The fourth-order valence-electron chi connectivity index (χ4n) is 2.00. The minimum absolute atomic E-state index is 0.0235. The summed E-state index contributed by atoms with van der Waals surface area (Å²) in [5.74, 6) is -0.494. The number of nitrogens with zero attached hydrogens (tertiary/aromatic N) is 1. The molecule has 5 nitrogen and oxygen atoms in total. The van der Waals surface area contributed by atoms with E-state index < -0.39 is 10.8 Å². The average molecular weight is 325 g/mol. The second-order valence-electron chi connectivity index (χ2n) is 4.60. The molecule has 1 heterocycles. The molecule has 1 atom stereocenters. The summed E-state index contributed by atoms with van der Waals surface area (Å²) < 4.78 is 0. The topological polar surface area (TPSA) is 72.2 Å². The van der Waals surface area contributed by atoms with Gasteiger partial charge in [0.2, 0.25) is 0 Å². The summed E-state index contributed by atoms with van der Waals surface area (Å²) in [5.41, 5.74) is 0.734. The number of hydrogen-bond donors (Lipinski definition) is 1. The number of amides is 1. The highest BCUT2D eigenvalue weighted by atomic mass is 35.5. The molecular formula is C14H13ClN2O3S. The van der Waals surface area contributed by atoms with Crippen molar-refractivity contribution in [3.8, 4) is 0 Å². The lowest BCUT2D eigenvalue weighted by Gasteiger charge is -2.13. The molecule has 0 saturated carbocycles. The molecule has 1 aromatic heterocycles. The van der Waals surface area contributed by atoms with Crippen LogP contribution in [0.5, 0.6) is 0 Å². The van der Waals surface area contributed by atoms with E-state index in [1.165, 1.54) is 18.2 Å². The van der Waals surface area contributed by atoms with Crippen molar-refractivity contribution in [2.45, 2.75) is 19.4 Å². The summed E-state index contributed by atoms with van der Waals surface area (Å²) in [5, 5.41) is 17.7. The van der Waals surface area contributed by atoms with Crippen LogP contribution in [0.1, 0.15) is 22.8 Å². The van der Waals surface area contributed by atoms with Crippen LogP contribution in [-0.2, 0) is 6.42 Å². The molecule has 1 unspecified atom stereocenters. The van der Waals surface area contributed by atoms with Crippen LogP contribution < -0.4 is 5.32 Å². The molecule has 21 heavy (non-hydrogen) atoms. The average Bonchev–Trinajstić information content (AvgIpc) is 2.90. The van der Waals surface area contributed by atoms with E-state index in [4.69, 9.17) is 11.6 Å². The maximum Gasteiger partial charge on any atom is 0.300 e. The van der Waals surface area contributed by atoms with Crippen molar-refractivity contribution in [2.24, 2.45) is 0 Å². The zero-order chi connectivity index (χ0) is 15.4. The number of benzene rings is 1. The van der Waals surface area contributed by atoms with Gasteiger partial charge in [-0.05, 0) is 47.9 Å². The van der Waals surface area contributed by atoms with Gasteiger partial charge in [0.25, 0.3) is 5.91 Å². The van der Waals surface area contributed by atoms with E-state index >= 15 is 0 Å². The molecule has 0 spiro atoms. The summed E-state index contributed by atoms with van der Waals surface area (Å²) in [7, 11) is 0. The van der Waals surface area contributed by atoms with Crippen LogP contribution in [0, 0.1) is 10.1 Å². The number of halogens is 1. The number of nitrogens with one attached hydrogen (secondary N) is 1. The summed E-state index contributed by atoms with van der Waals surface area (Å²) in [6, 6.07) is 6.16. The van der Waals surface area contributed by atoms with Gasteiger partial charge in [-0.15, -0.1) is 0 Å². The summed E-state index contributed by atoms with van der Waals surface area (Å²) in [4.78, 5) is 22.6. The number of rotatable bonds is 5. The molecule has 7 heteroatoms. The van der Waals surface area contributed by atoms with Crippen molar-refractivity contribution in [1.29, 1.82) is 0 Å². The first-order valence-corrected chi connectivity index (χ1v) is 7.56. The van der Waals surface area contributed by atoms with E-state index in [-0.39, 0.29) is 22.3 Å². The lowest BCUT2D eigenvalue weighted by molar-refractivity contribution is -0.385. The Kier molecular flexibility index (Phi) is 4.93. The Morgan fingerprint density at radius 1 is 1.48 bits per heavy atom. The van der Waals surface area contributed by atoms with E-state index in [9.17, 15) is 14.9 Å². The first-order chi connectivity index (χ1) is 9.99. The van der Waals surface area contributed by atoms with Gasteiger partial charge >= 0.3 is 5.69 Å². The number of nitro benzene ring substituents is 1. The Morgan fingerprint density at radius 3 is 2.86 bits per heavy atom. The van der Waals surface area contributed by atoms with Crippen molar-refractivity contribution >= 4 is 34.5 Å². The number of carbonyl (C=O) groups is 1. The van der Waals surface area contributed by atoms with Crippen LogP contribution in [0.2, 0.25) is 5.02 Å². The zero-order valence-electron chi connectivity index (χ0n) is 11.2. The van der Waals surface area contributed by atoms with Gasteiger partial charge in [0, 0.05) is 6.04 Å². The Bertz CT molecular complexity index is 658. The smallest absolute Gasteiger partial charge is 0.300 e. The Morgan fingerprint density at radius 2 is 2.24 bits per heavy atom. The normalized spacial score (nSPS) is 11.9. The third-order valence-corrected chi connectivity index (χ3v) is 3.95. The fourth-order valence-corrected chi connectivity index (χ4v) is 2.92. The van der Waals surface area contributed by atoms with Gasteiger partial charge < -0.3 is 5.32 Å². The maximum absolute atomic E-state index is 12.2. The first-order valence-electron chi connectivity index (χ1n) is 6.24. The molecule has 1 aromatic carbocycles. The third-order valence-electron chi connectivity index (χ3n) is 2.91. The van der Waals surface area contributed by atoms with Gasteiger partial charge in [-0.3, -0.25) is 14.9 Å². The molecular weight excluding hydrogens is 312 g/mol. The van der Waals surface area contributed by atoms with Crippen molar-refractivity contribution in [2.75, 3.05) is 0 Å². The highest BCUT2D eigenvalue weighted by molar-refractivity contribution is 7.07. The molecule has 0 radical (unpaired) electrons. The predicted octanol–water partition coefficient (Wildman–Crippen LogP) is 3.67. The fraction of sp³-hybridized carbons (Fsp3) is 0.214. The van der Waals surface area contributed by atoms with Crippen LogP contribution in [0.4, 0.5) is 5.69 Å². The summed E-state index contributed by atoms with van der Waals surface area (Å²) in [6.45, 7) is 1.85. The van der Waals surface area contributed by atoms with Gasteiger partial charge in [0.05, 0.1) is 4.92 Å². The van der Waals surface area contributed by atoms with Crippen molar-refractivity contribution in [1.82, 2.24) is 5.32 Å². The molecule has 0 saturated heterocycles. The van der Waals surface area contributed by atoms with Gasteiger partial charge in [-0.1, -0.05) is 17.7 Å². The van der Waals surface area contributed by atoms with Crippen LogP contribution >= 0.6 is 22.9 Å².